The molecule has 0 spiro atoms. The van der Waals surface area contributed by atoms with Crippen LogP contribution in [0.15, 0.2) is 48.5 Å². The Morgan fingerprint density at radius 3 is 2.37 bits per heavy atom. The number of hydroxylamine groups is 1. The molecule has 1 fully saturated rings. The molecule has 188 valence electrons. The number of fused-ring (bicyclic) bond motifs is 1. The minimum Gasteiger partial charge on any atom is -0.357 e. The zero-order chi connectivity index (χ0) is 24.9. The van der Waals surface area contributed by atoms with Gasteiger partial charge in [0.2, 0.25) is 0 Å². The smallest absolute Gasteiger partial charge is 0.274 e. The molecule has 0 bridgehead atoms. The van der Waals surface area contributed by atoms with Gasteiger partial charge >= 0.3 is 0 Å². The average molecular weight is 479 g/mol. The fourth-order valence-corrected chi connectivity index (χ4v) is 5.73. The second-order valence-electron chi connectivity index (χ2n) is 9.99. The highest BCUT2D eigenvalue weighted by Crippen LogP contribution is 2.40. The summed E-state index contributed by atoms with van der Waals surface area (Å²) in [5.74, 6) is -0.585. The Morgan fingerprint density at radius 1 is 0.971 bits per heavy atom. The highest BCUT2D eigenvalue weighted by molar-refractivity contribution is 6.06. The molecule has 35 heavy (non-hydrogen) atoms. The number of nitrogens with zero attached hydrogens (tertiary/aromatic N) is 3. The van der Waals surface area contributed by atoms with E-state index in [-0.39, 0.29) is 5.91 Å². The van der Waals surface area contributed by atoms with Gasteiger partial charge in [-0.05, 0) is 75.9 Å². The number of likely N-dealkylation sites (tertiary alicyclic amines) is 1. The largest absolute Gasteiger partial charge is 0.357 e. The molecule has 1 saturated heterocycles. The number of hydrogen-bond donors (Lipinski definition) is 2. The Kier molecular flexibility index (Phi) is 8.08. The van der Waals surface area contributed by atoms with E-state index < -0.39 is 11.9 Å². The van der Waals surface area contributed by atoms with Crippen molar-refractivity contribution in [3.8, 4) is 0 Å². The molecule has 2 aromatic carbocycles. The van der Waals surface area contributed by atoms with Gasteiger partial charge in [0.1, 0.15) is 6.04 Å². The molecule has 3 atom stereocenters. The predicted molar refractivity (Wildman–Crippen MR) is 139 cm³/mol. The molecule has 0 radical (unpaired) electrons. The van der Waals surface area contributed by atoms with Gasteiger partial charge in [-0.2, -0.15) is 0 Å². The van der Waals surface area contributed by atoms with Crippen molar-refractivity contribution in [1.82, 2.24) is 10.4 Å². The van der Waals surface area contributed by atoms with Crippen molar-refractivity contribution in [2.45, 2.75) is 70.5 Å². The first-order chi connectivity index (χ1) is 16.9. The minimum atomic E-state index is -0.590. The molecule has 2 aliphatic rings. The van der Waals surface area contributed by atoms with Crippen molar-refractivity contribution in [2.75, 3.05) is 29.9 Å². The van der Waals surface area contributed by atoms with Gasteiger partial charge in [0, 0.05) is 31.2 Å². The summed E-state index contributed by atoms with van der Waals surface area (Å²) in [5, 5.41) is 9.03. The van der Waals surface area contributed by atoms with E-state index in [1.807, 2.05) is 47.2 Å². The van der Waals surface area contributed by atoms with Gasteiger partial charge in [-0.15, -0.1) is 0 Å². The number of benzene rings is 2. The van der Waals surface area contributed by atoms with Gasteiger partial charge in [-0.25, -0.2) is 5.48 Å². The van der Waals surface area contributed by atoms with Gasteiger partial charge in [-0.1, -0.05) is 37.1 Å². The molecule has 0 aliphatic carbocycles. The summed E-state index contributed by atoms with van der Waals surface area (Å²) in [6.45, 7) is 6.48. The van der Waals surface area contributed by atoms with E-state index in [0.29, 0.717) is 24.2 Å². The van der Waals surface area contributed by atoms with Crippen LogP contribution in [0.2, 0.25) is 0 Å². The first-order valence-corrected chi connectivity index (χ1v) is 12.9. The summed E-state index contributed by atoms with van der Waals surface area (Å²) in [4.78, 5) is 32.3. The third kappa shape index (κ3) is 5.36. The van der Waals surface area contributed by atoms with Crippen molar-refractivity contribution < 1.29 is 14.8 Å². The van der Waals surface area contributed by atoms with Gasteiger partial charge < -0.3 is 9.80 Å². The molecular formula is C28H38N4O3. The molecule has 4 rings (SSSR count). The van der Waals surface area contributed by atoms with E-state index in [9.17, 15) is 9.59 Å². The zero-order valence-electron chi connectivity index (χ0n) is 21.1. The SMILES string of the molecule is CC1CCCC(C)N1CCCCCN1C(=O)C(c2cccc(C(=O)NO)c2)N(C)c2ccccc21. The van der Waals surface area contributed by atoms with Gasteiger partial charge in [0.25, 0.3) is 11.8 Å². The van der Waals surface area contributed by atoms with Crippen LogP contribution in [0.4, 0.5) is 11.4 Å². The molecule has 2 aliphatic heterocycles. The average Bonchev–Trinajstić information content (AvgIpc) is 2.87. The Bertz CT molecular complexity index is 1030. The van der Waals surface area contributed by atoms with Crippen molar-refractivity contribution in [3.63, 3.8) is 0 Å². The van der Waals surface area contributed by atoms with Crippen molar-refractivity contribution >= 4 is 23.2 Å². The van der Waals surface area contributed by atoms with Crippen LogP contribution >= 0.6 is 0 Å². The van der Waals surface area contributed by atoms with E-state index >= 15 is 0 Å². The second kappa shape index (κ2) is 11.2. The molecule has 7 nitrogen and oxygen atoms in total. The van der Waals surface area contributed by atoms with Crippen LogP contribution in [0.1, 0.15) is 74.3 Å². The minimum absolute atomic E-state index is 0.00558. The molecular weight excluding hydrogens is 440 g/mol. The Labute approximate surface area is 208 Å². The topological polar surface area (TPSA) is 76.1 Å². The van der Waals surface area contributed by atoms with Crippen molar-refractivity contribution in [2.24, 2.45) is 0 Å². The lowest BCUT2D eigenvalue weighted by Gasteiger charge is -2.41. The van der Waals surface area contributed by atoms with Crippen molar-refractivity contribution in [1.29, 1.82) is 0 Å². The third-order valence-electron chi connectivity index (χ3n) is 7.68. The molecule has 2 amide bonds. The molecule has 0 aromatic heterocycles. The number of hydrogen-bond acceptors (Lipinski definition) is 5. The third-order valence-corrected chi connectivity index (χ3v) is 7.68. The summed E-state index contributed by atoms with van der Waals surface area (Å²) in [6.07, 6.45) is 7.08. The lowest BCUT2D eigenvalue weighted by Crippen LogP contribution is -2.47. The van der Waals surface area contributed by atoms with E-state index in [1.165, 1.54) is 19.3 Å². The van der Waals surface area contributed by atoms with E-state index in [4.69, 9.17) is 5.21 Å². The zero-order valence-corrected chi connectivity index (χ0v) is 21.1. The monoisotopic (exact) mass is 478 g/mol. The highest BCUT2D eigenvalue weighted by atomic mass is 16.5. The Hall–Kier alpha value is -2.90. The maximum atomic E-state index is 13.8. The number of likely N-dealkylation sites (N-methyl/N-ethyl adjacent to an activating group) is 1. The molecule has 2 aromatic rings. The van der Waals surface area contributed by atoms with Crippen LogP contribution in [0.25, 0.3) is 0 Å². The second-order valence-corrected chi connectivity index (χ2v) is 9.99. The number of rotatable bonds is 8. The molecule has 0 saturated carbocycles. The summed E-state index contributed by atoms with van der Waals surface area (Å²) < 4.78 is 0. The standard InChI is InChI=1S/C28H38N4O3/c1-20-11-9-12-21(2)31(20)17-7-4-8-18-32-25-16-6-5-15-24(25)30(3)26(28(32)34)22-13-10-14-23(19-22)27(33)29-35/h5-6,10,13-16,19-21,26,35H,4,7-9,11-12,17-18H2,1-3H3,(H,29,33). The van der Waals surface area contributed by atoms with Crippen LogP contribution in [0.3, 0.4) is 0 Å². The number of nitrogens with one attached hydrogen (secondary N) is 1. The first kappa shape index (κ1) is 25.2. The van der Waals surface area contributed by atoms with Crippen LogP contribution in [-0.4, -0.2) is 54.1 Å². The molecule has 3 unspecified atom stereocenters. The summed E-state index contributed by atoms with van der Waals surface area (Å²) in [7, 11) is 1.92. The summed E-state index contributed by atoms with van der Waals surface area (Å²) >= 11 is 0. The quantitative estimate of drug-likeness (QED) is 0.325. The van der Waals surface area contributed by atoms with E-state index in [1.54, 1.807) is 23.7 Å². The molecule has 2 heterocycles. The number of carbonyl (C=O) groups is 2. The van der Waals surface area contributed by atoms with Crippen LogP contribution in [0, 0.1) is 0 Å². The number of unbranched alkanes of at least 4 members (excludes halogenated alkanes) is 2. The Morgan fingerprint density at radius 2 is 1.66 bits per heavy atom. The number of para-hydroxylation sites is 2. The van der Waals surface area contributed by atoms with Crippen LogP contribution in [-0.2, 0) is 4.79 Å². The summed E-state index contributed by atoms with van der Waals surface area (Å²) in [6, 6.07) is 15.7. The number of anilines is 2. The maximum Gasteiger partial charge on any atom is 0.274 e. The lowest BCUT2D eigenvalue weighted by atomic mass is 9.96. The predicted octanol–water partition coefficient (Wildman–Crippen LogP) is 4.76. The number of piperidine rings is 1. The van der Waals surface area contributed by atoms with Gasteiger partial charge in [-0.3, -0.25) is 19.7 Å². The highest BCUT2D eigenvalue weighted by Gasteiger charge is 2.37. The van der Waals surface area contributed by atoms with Crippen molar-refractivity contribution in [3.05, 3.63) is 59.7 Å². The first-order valence-electron chi connectivity index (χ1n) is 12.9. The van der Waals surface area contributed by atoms with E-state index in [0.717, 1.165) is 42.7 Å². The van der Waals surface area contributed by atoms with Crippen LogP contribution < -0.4 is 15.3 Å². The normalized spacial score (nSPS) is 22.7. The van der Waals surface area contributed by atoms with E-state index in [2.05, 4.69) is 18.7 Å². The van der Waals surface area contributed by atoms with Gasteiger partial charge in [0.05, 0.1) is 11.4 Å². The molecule has 7 heteroatoms. The lowest BCUT2D eigenvalue weighted by molar-refractivity contribution is -0.120. The molecule has 2 N–H and O–H groups in total. The fourth-order valence-electron chi connectivity index (χ4n) is 5.73. The fraction of sp³-hybridized carbons (Fsp3) is 0.500. The maximum absolute atomic E-state index is 13.8. The summed E-state index contributed by atoms with van der Waals surface area (Å²) in [5.41, 5.74) is 4.64. The van der Waals surface area contributed by atoms with Crippen LogP contribution in [0.5, 0.6) is 0 Å². The van der Waals surface area contributed by atoms with Gasteiger partial charge in [0.15, 0.2) is 0 Å². The number of amides is 2. The number of carbonyl (C=O) groups excluding carboxylic acids is 2. The Balaban J connectivity index is 1.46.